The summed E-state index contributed by atoms with van der Waals surface area (Å²) in [5.74, 6) is 0.481. The number of oxime groups is 1. The standard InChI is InChI=1S/C28H32F3N3O3/c1-4-11-36-33-27(20-5-6-20)21-8-10-34-25(17-32-26(34)16-21)22-12-19(14-24(15-22)37-18(2)3)13-23(35)7-9-28(29,30)31/h8,10,12,14-18,20H,4-7,9,11,13H2,1-3H3/b33-27-. The number of hydrogen-bond acceptors (Lipinski definition) is 5. The summed E-state index contributed by atoms with van der Waals surface area (Å²) in [7, 11) is 0. The molecule has 6 nitrogen and oxygen atoms in total. The molecule has 1 saturated carbocycles. The molecule has 0 atom stereocenters. The quantitative estimate of drug-likeness (QED) is 0.151. The fraction of sp³-hybridized carbons (Fsp3) is 0.464. The number of aromatic nitrogens is 2. The largest absolute Gasteiger partial charge is 0.491 e. The first-order valence-electron chi connectivity index (χ1n) is 12.7. The van der Waals surface area contributed by atoms with Gasteiger partial charge in [0, 0.05) is 36.1 Å². The first-order chi connectivity index (χ1) is 17.6. The van der Waals surface area contributed by atoms with Crippen LogP contribution < -0.4 is 4.74 Å². The Hall–Kier alpha value is -3.36. The van der Waals surface area contributed by atoms with Crippen molar-refractivity contribution in [3.8, 4) is 17.0 Å². The molecule has 198 valence electrons. The zero-order valence-electron chi connectivity index (χ0n) is 21.3. The summed E-state index contributed by atoms with van der Waals surface area (Å²) in [6.45, 7) is 6.39. The number of hydrogen-bond donors (Lipinski definition) is 0. The van der Waals surface area contributed by atoms with Crippen LogP contribution in [0.3, 0.4) is 0 Å². The monoisotopic (exact) mass is 515 g/mol. The molecule has 0 bridgehead atoms. The Bertz CT molecular complexity index is 1280. The van der Waals surface area contributed by atoms with Crippen LogP contribution in [0.5, 0.6) is 5.75 Å². The molecular formula is C28H32F3N3O3. The smallest absolute Gasteiger partial charge is 0.389 e. The van der Waals surface area contributed by atoms with Gasteiger partial charge in [0.15, 0.2) is 0 Å². The SMILES string of the molecule is CCCO/N=C(\c1ccn2c(-c3cc(CC(=O)CCC(F)(F)F)cc(OC(C)C)c3)cnc2c1)C1CC1. The third-order valence-electron chi connectivity index (χ3n) is 5.95. The Morgan fingerprint density at radius 3 is 2.68 bits per heavy atom. The van der Waals surface area contributed by atoms with Crippen molar-refractivity contribution in [1.82, 2.24) is 9.38 Å². The van der Waals surface area contributed by atoms with Gasteiger partial charge in [0.1, 0.15) is 23.8 Å². The fourth-order valence-electron chi connectivity index (χ4n) is 4.13. The molecule has 37 heavy (non-hydrogen) atoms. The van der Waals surface area contributed by atoms with Crippen molar-refractivity contribution in [3.05, 3.63) is 53.9 Å². The number of fused-ring (bicyclic) bond motifs is 1. The van der Waals surface area contributed by atoms with Crippen molar-refractivity contribution in [3.63, 3.8) is 0 Å². The van der Waals surface area contributed by atoms with Gasteiger partial charge in [-0.25, -0.2) is 4.98 Å². The van der Waals surface area contributed by atoms with E-state index in [1.165, 1.54) is 0 Å². The first kappa shape index (κ1) is 26.7. The molecule has 0 unspecified atom stereocenters. The maximum atomic E-state index is 12.6. The van der Waals surface area contributed by atoms with Crippen LogP contribution >= 0.6 is 0 Å². The molecule has 0 N–H and O–H groups in total. The minimum Gasteiger partial charge on any atom is -0.491 e. The average Bonchev–Trinajstić information content (AvgIpc) is 3.57. The number of nitrogens with zero attached hydrogens (tertiary/aromatic N) is 3. The summed E-state index contributed by atoms with van der Waals surface area (Å²) in [5, 5.41) is 4.39. The van der Waals surface area contributed by atoms with Crippen LogP contribution in [-0.2, 0) is 16.1 Å². The highest BCUT2D eigenvalue weighted by Crippen LogP contribution is 2.34. The van der Waals surface area contributed by atoms with E-state index in [-0.39, 0.29) is 12.5 Å². The van der Waals surface area contributed by atoms with Crippen molar-refractivity contribution < 1.29 is 27.5 Å². The fourth-order valence-corrected chi connectivity index (χ4v) is 4.13. The van der Waals surface area contributed by atoms with Gasteiger partial charge in [-0.3, -0.25) is 9.20 Å². The highest BCUT2D eigenvalue weighted by atomic mass is 19.4. The topological polar surface area (TPSA) is 65.2 Å². The number of Topliss-reactive ketones (excluding diaryl/α,β-unsaturated/α-hetero) is 1. The maximum Gasteiger partial charge on any atom is 0.389 e. The van der Waals surface area contributed by atoms with Crippen molar-refractivity contribution in [1.29, 1.82) is 0 Å². The van der Waals surface area contributed by atoms with Crippen LogP contribution in [0.2, 0.25) is 0 Å². The molecule has 0 radical (unpaired) electrons. The molecular weight excluding hydrogens is 483 g/mol. The lowest BCUT2D eigenvalue weighted by atomic mass is 10.0. The molecule has 0 aliphatic heterocycles. The zero-order valence-corrected chi connectivity index (χ0v) is 21.3. The van der Waals surface area contributed by atoms with Crippen LogP contribution in [-0.4, -0.2) is 39.8 Å². The number of halogens is 3. The highest BCUT2D eigenvalue weighted by molar-refractivity contribution is 6.04. The molecule has 1 fully saturated rings. The predicted molar refractivity (Wildman–Crippen MR) is 136 cm³/mol. The number of ether oxygens (including phenoxy) is 1. The van der Waals surface area contributed by atoms with Gasteiger partial charge in [-0.2, -0.15) is 13.2 Å². The number of ketones is 1. The van der Waals surface area contributed by atoms with E-state index >= 15 is 0 Å². The second kappa shape index (κ2) is 11.4. The molecule has 1 aliphatic carbocycles. The van der Waals surface area contributed by atoms with E-state index in [0.29, 0.717) is 23.8 Å². The van der Waals surface area contributed by atoms with E-state index < -0.39 is 24.8 Å². The number of benzene rings is 1. The van der Waals surface area contributed by atoms with E-state index in [2.05, 4.69) is 10.1 Å². The van der Waals surface area contributed by atoms with Gasteiger partial charge in [0.05, 0.1) is 30.1 Å². The summed E-state index contributed by atoms with van der Waals surface area (Å²) in [6.07, 6.45) is 0.510. The maximum absolute atomic E-state index is 12.6. The lowest BCUT2D eigenvalue weighted by molar-refractivity contribution is -0.143. The Balaban J connectivity index is 1.64. The van der Waals surface area contributed by atoms with Gasteiger partial charge in [0.25, 0.3) is 0 Å². The second-order valence-corrected chi connectivity index (χ2v) is 9.73. The van der Waals surface area contributed by atoms with Crippen LogP contribution in [0.4, 0.5) is 13.2 Å². The molecule has 1 aliphatic rings. The molecule has 1 aromatic carbocycles. The Morgan fingerprint density at radius 2 is 2.00 bits per heavy atom. The second-order valence-electron chi connectivity index (χ2n) is 9.73. The number of pyridine rings is 1. The Labute approximate surface area is 214 Å². The lowest BCUT2D eigenvalue weighted by Gasteiger charge is -2.14. The van der Waals surface area contributed by atoms with Crippen molar-refractivity contribution >= 4 is 17.1 Å². The van der Waals surface area contributed by atoms with Crippen LogP contribution in [0.1, 0.15) is 64.0 Å². The number of rotatable bonds is 12. The molecule has 4 rings (SSSR count). The highest BCUT2D eigenvalue weighted by Gasteiger charge is 2.30. The summed E-state index contributed by atoms with van der Waals surface area (Å²) in [4.78, 5) is 22.3. The number of carbonyl (C=O) groups excluding carboxylic acids is 1. The first-order valence-corrected chi connectivity index (χ1v) is 12.7. The third kappa shape index (κ3) is 7.33. The molecule has 9 heteroatoms. The Morgan fingerprint density at radius 1 is 1.22 bits per heavy atom. The van der Waals surface area contributed by atoms with Crippen LogP contribution in [0.15, 0.2) is 47.9 Å². The lowest BCUT2D eigenvalue weighted by Crippen LogP contribution is -2.12. The number of imidazole rings is 1. The molecule has 0 saturated heterocycles. The summed E-state index contributed by atoms with van der Waals surface area (Å²) >= 11 is 0. The van der Waals surface area contributed by atoms with Gasteiger partial charge >= 0.3 is 6.18 Å². The molecule has 2 heterocycles. The normalized spacial score (nSPS) is 14.4. The number of alkyl halides is 3. The van der Waals surface area contributed by atoms with Crippen molar-refractivity contribution in [2.75, 3.05) is 6.61 Å². The van der Waals surface area contributed by atoms with Crippen molar-refractivity contribution in [2.45, 2.75) is 71.6 Å². The molecule has 0 amide bonds. The van der Waals surface area contributed by atoms with Crippen LogP contribution in [0.25, 0.3) is 16.9 Å². The van der Waals surface area contributed by atoms with Gasteiger partial charge in [-0.15, -0.1) is 0 Å². The van der Waals surface area contributed by atoms with E-state index in [1.807, 2.05) is 55.6 Å². The van der Waals surface area contributed by atoms with E-state index in [0.717, 1.165) is 47.4 Å². The summed E-state index contributed by atoms with van der Waals surface area (Å²) < 4.78 is 45.5. The number of carbonyl (C=O) groups is 1. The molecule has 0 spiro atoms. The van der Waals surface area contributed by atoms with Gasteiger partial charge in [0.2, 0.25) is 0 Å². The van der Waals surface area contributed by atoms with E-state index in [1.54, 1.807) is 12.3 Å². The molecule has 2 aromatic heterocycles. The van der Waals surface area contributed by atoms with Gasteiger partial charge in [-0.1, -0.05) is 12.1 Å². The van der Waals surface area contributed by atoms with E-state index in [4.69, 9.17) is 9.57 Å². The van der Waals surface area contributed by atoms with E-state index in [9.17, 15) is 18.0 Å². The van der Waals surface area contributed by atoms with Gasteiger partial charge < -0.3 is 9.57 Å². The average molecular weight is 516 g/mol. The zero-order chi connectivity index (χ0) is 26.6. The molecule has 3 aromatic rings. The minimum absolute atomic E-state index is 0.0990. The Kier molecular flexibility index (Phi) is 8.19. The van der Waals surface area contributed by atoms with Crippen molar-refractivity contribution in [2.24, 2.45) is 11.1 Å². The third-order valence-corrected chi connectivity index (χ3v) is 5.95. The minimum atomic E-state index is -4.36. The summed E-state index contributed by atoms with van der Waals surface area (Å²) in [6, 6.07) is 9.35. The summed E-state index contributed by atoms with van der Waals surface area (Å²) in [5.41, 5.74) is 4.78. The van der Waals surface area contributed by atoms with Crippen LogP contribution in [0, 0.1) is 5.92 Å². The predicted octanol–water partition coefficient (Wildman–Crippen LogP) is 6.78. The van der Waals surface area contributed by atoms with Gasteiger partial charge in [-0.05, 0) is 69.0 Å².